The lowest BCUT2D eigenvalue weighted by Gasteiger charge is -2.36. The number of hydrogen-bond acceptors (Lipinski definition) is 4. The Hall–Kier alpha value is -2.01. The van der Waals surface area contributed by atoms with Crippen molar-refractivity contribution in [1.82, 2.24) is 9.88 Å². The topological polar surface area (TPSA) is 45.7 Å². The lowest BCUT2D eigenvalue weighted by molar-refractivity contribution is 0.0240. The number of halogens is 1. The second kappa shape index (κ2) is 6.48. The van der Waals surface area contributed by atoms with Gasteiger partial charge in [-0.2, -0.15) is 0 Å². The number of ether oxygens (including phenoxy) is 1. The third kappa shape index (κ3) is 3.90. The third-order valence-corrected chi connectivity index (χ3v) is 4.13. The van der Waals surface area contributed by atoms with Crippen molar-refractivity contribution in [2.24, 2.45) is 0 Å². The van der Waals surface area contributed by atoms with Crippen molar-refractivity contribution >= 4 is 34.4 Å². The van der Waals surface area contributed by atoms with Crippen LogP contribution in [0.2, 0.25) is 5.02 Å². The Morgan fingerprint density at radius 2 is 1.83 bits per heavy atom. The number of piperazine rings is 1. The fraction of sp³-hybridized carbons (Fsp3) is 0.444. The van der Waals surface area contributed by atoms with Gasteiger partial charge in [0.2, 0.25) is 0 Å². The van der Waals surface area contributed by atoms with Crippen molar-refractivity contribution in [3.05, 3.63) is 35.4 Å². The first-order chi connectivity index (χ1) is 11.3. The number of fused-ring (bicyclic) bond motifs is 1. The Bertz CT molecular complexity index is 750. The zero-order valence-corrected chi connectivity index (χ0v) is 15.0. The standard InChI is InChI=1S/C18H22ClN3O2/c1-18(2,3)24-17(23)22-10-8-21(9-11-22)16-7-4-13-12-14(19)5-6-15(13)20-16/h4-7,12H,8-11H2,1-3H3. The average molecular weight is 348 g/mol. The van der Waals surface area contributed by atoms with Crippen LogP contribution >= 0.6 is 11.6 Å². The largest absolute Gasteiger partial charge is 0.444 e. The summed E-state index contributed by atoms with van der Waals surface area (Å²) >= 11 is 6.01. The van der Waals surface area contributed by atoms with Gasteiger partial charge < -0.3 is 14.5 Å². The van der Waals surface area contributed by atoms with Gasteiger partial charge in [0.25, 0.3) is 0 Å². The Balaban J connectivity index is 1.66. The second-order valence-electron chi connectivity index (χ2n) is 6.96. The van der Waals surface area contributed by atoms with E-state index in [1.807, 2.05) is 51.1 Å². The quantitative estimate of drug-likeness (QED) is 0.783. The smallest absolute Gasteiger partial charge is 0.410 e. The third-order valence-electron chi connectivity index (χ3n) is 3.89. The highest BCUT2D eigenvalue weighted by atomic mass is 35.5. The Morgan fingerprint density at radius 1 is 1.12 bits per heavy atom. The van der Waals surface area contributed by atoms with E-state index >= 15 is 0 Å². The molecule has 0 atom stereocenters. The molecule has 0 aliphatic carbocycles. The number of anilines is 1. The molecule has 0 saturated carbocycles. The van der Waals surface area contributed by atoms with E-state index in [-0.39, 0.29) is 6.09 Å². The molecule has 1 fully saturated rings. The number of rotatable bonds is 1. The minimum Gasteiger partial charge on any atom is -0.444 e. The zero-order valence-electron chi connectivity index (χ0n) is 14.3. The maximum Gasteiger partial charge on any atom is 0.410 e. The highest BCUT2D eigenvalue weighted by Gasteiger charge is 2.26. The summed E-state index contributed by atoms with van der Waals surface area (Å²) in [6, 6.07) is 9.72. The van der Waals surface area contributed by atoms with Crippen LogP contribution in [0.5, 0.6) is 0 Å². The minimum atomic E-state index is -0.463. The molecule has 1 aliphatic heterocycles. The number of benzene rings is 1. The molecule has 2 aromatic rings. The molecule has 3 rings (SSSR count). The molecular formula is C18H22ClN3O2. The summed E-state index contributed by atoms with van der Waals surface area (Å²) in [4.78, 5) is 20.8. The van der Waals surface area contributed by atoms with Gasteiger partial charge in [0.05, 0.1) is 5.52 Å². The van der Waals surface area contributed by atoms with Crippen molar-refractivity contribution < 1.29 is 9.53 Å². The predicted octanol–water partition coefficient (Wildman–Crippen LogP) is 3.95. The molecule has 6 heteroatoms. The van der Waals surface area contributed by atoms with E-state index in [0.717, 1.165) is 29.8 Å². The number of pyridine rings is 1. The van der Waals surface area contributed by atoms with Crippen LogP contribution in [-0.2, 0) is 4.74 Å². The highest BCUT2D eigenvalue weighted by molar-refractivity contribution is 6.31. The summed E-state index contributed by atoms with van der Waals surface area (Å²) in [6.45, 7) is 8.40. The molecule has 0 spiro atoms. The fourth-order valence-corrected chi connectivity index (χ4v) is 2.89. The van der Waals surface area contributed by atoms with Gasteiger partial charge in [-0.05, 0) is 51.1 Å². The van der Waals surface area contributed by atoms with Gasteiger partial charge in [0, 0.05) is 36.6 Å². The van der Waals surface area contributed by atoms with E-state index in [1.165, 1.54) is 0 Å². The van der Waals surface area contributed by atoms with Crippen LogP contribution in [-0.4, -0.2) is 47.8 Å². The summed E-state index contributed by atoms with van der Waals surface area (Å²) < 4.78 is 5.43. The molecule has 1 amide bonds. The van der Waals surface area contributed by atoms with Crippen LogP contribution < -0.4 is 4.90 Å². The molecule has 1 aromatic carbocycles. The number of amides is 1. The minimum absolute atomic E-state index is 0.247. The second-order valence-corrected chi connectivity index (χ2v) is 7.40. The van der Waals surface area contributed by atoms with Crippen LogP contribution in [0.3, 0.4) is 0 Å². The van der Waals surface area contributed by atoms with Gasteiger partial charge >= 0.3 is 6.09 Å². The Morgan fingerprint density at radius 3 is 2.50 bits per heavy atom. The monoisotopic (exact) mass is 347 g/mol. The van der Waals surface area contributed by atoms with E-state index < -0.39 is 5.60 Å². The van der Waals surface area contributed by atoms with E-state index in [1.54, 1.807) is 4.90 Å². The van der Waals surface area contributed by atoms with Gasteiger partial charge in [-0.15, -0.1) is 0 Å². The number of aromatic nitrogens is 1. The molecular weight excluding hydrogens is 326 g/mol. The van der Waals surface area contributed by atoms with Gasteiger partial charge in [-0.3, -0.25) is 0 Å². The molecule has 0 bridgehead atoms. The van der Waals surface area contributed by atoms with Gasteiger partial charge in [0.15, 0.2) is 0 Å². The van der Waals surface area contributed by atoms with Crippen molar-refractivity contribution in [3.63, 3.8) is 0 Å². The maximum absolute atomic E-state index is 12.1. The van der Waals surface area contributed by atoms with Crippen molar-refractivity contribution in [1.29, 1.82) is 0 Å². The van der Waals surface area contributed by atoms with Gasteiger partial charge in [0.1, 0.15) is 11.4 Å². The summed E-state index contributed by atoms with van der Waals surface area (Å²) in [7, 11) is 0. The molecule has 1 aliphatic rings. The number of hydrogen-bond donors (Lipinski definition) is 0. The van der Waals surface area contributed by atoms with E-state index in [0.29, 0.717) is 18.1 Å². The van der Waals surface area contributed by atoms with E-state index in [9.17, 15) is 4.79 Å². The molecule has 2 heterocycles. The predicted molar refractivity (Wildman–Crippen MR) is 96.8 cm³/mol. The fourth-order valence-electron chi connectivity index (χ4n) is 2.71. The zero-order chi connectivity index (χ0) is 17.3. The number of nitrogens with zero attached hydrogens (tertiary/aromatic N) is 3. The van der Waals surface area contributed by atoms with E-state index in [2.05, 4.69) is 4.90 Å². The molecule has 24 heavy (non-hydrogen) atoms. The van der Waals surface area contributed by atoms with Crippen LogP contribution in [0.1, 0.15) is 20.8 Å². The highest BCUT2D eigenvalue weighted by Crippen LogP contribution is 2.22. The van der Waals surface area contributed by atoms with Crippen molar-refractivity contribution in [2.75, 3.05) is 31.1 Å². The lowest BCUT2D eigenvalue weighted by atomic mass is 10.2. The molecule has 0 N–H and O–H groups in total. The summed E-state index contributed by atoms with van der Waals surface area (Å²) in [6.07, 6.45) is -0.247. The summed E-state index contributed by atoms with van der Waals surface area (Å²) in [5.74, 6) is 0.925. The first kappa shape index (κ1) is 16.8. The Labute approximate surface area is 147 Å². The van der Waals surface area contributed by atoms with Crippen LogP contribution in [0.25, 0.3) is 10.9 Å². The number of carbonyl (C=O) groups excluding carboxylic acids is 1. The SMILES string of the molecule is CC(C)(C)OC(=O)N1CCN(c2ccc3cc(Cl)ccc3n2)CC1. The molecule has 1 aromatic heterocycles. The van der Waals surface area contributed by atoms with Crippen molar-refractivity contribution in [2.45, 2.75) is 26.4 Å². The number of carbonyl (C=O) groups is 1. The van der Waals surface area contributed by atoms with Crippen molar-refractivity contribution in [3.8, 4) is 0 Å². The maximum atomic E-state index is 12.1. The van der Waals surface area contributed by atoms with Crippen LogP contribution in [0.15, 0.2) is 30.3 Å². The van der Waals surface area contributed by atoms with E-state index in [4.69, 9.17) is 21.3 Å². The van der Waals surface area contributed by atoms with Gasteiger partial charge in [-0.1, -0.05) is 11.6 Å². The molecule has 128 valence electrons. The lowest BCUT2D eigenvalue weighted by Crippen LogP contribution is -2.50. The molecule has 1 saturated heterocycles. The summed E-state index contributed by atoms with van der Waals surface area (Å²) in [5.41, 5.74) is 0.460. The molecule has 5 nitrogen and oxygen atoms in total. The first-order valence-electron chi connectivity index (χ1n) is 8.11. The molecule has 0 radical (unpaired) electrons. The van der Waals surface area contributed by atoms with Crippen LogP contribution in [0.4, 0.5) is 10.6 Å². The Kier molecular flexibility index (Phi) is 4.54. The average Bonchev–Trinajstić information content (AvgIpc) is 2.53. The first-order valence-corrected chi connectivity index (χ1v) is 8.49. The summed E-state index contributed by atoms with van der Waals surface area (Å²) in [5, 5.41) is 1.74. The molecule has 0 unspecified atom stereocenters. The van der Waals surface area contributed by atoms with Crippen LogP contribution in [0, 0.1) is 0 Å². The van der Waals surface area contributed by atoms with Gasteiger partial charge in [-0.25, -0.2) is 9.78 Å². The normalized spacial score (nSPS) is 15.7.